The van der Waals surface area contributed by atoms with Gasteiger partial charge in [-0.3, -0.25) is 9.78 Å². The van der Waals surface area contributed by atoms with Crippen LogP contribution in [-0.4, -0.2) is 44.3 Å². The van der Waals surface area contributed by atoms with E-state index < -0.39 is 11.2 Å². The molecule has 2 aliphatic heterocycles. The number of fused-ring (bicyclic) bond motifs is 2. The van der Waals surface area contributed by atoms with Crippen LogP contribution in [0.5, 0.6) is 0 Å². The van der Waals surface area contributed by atoms with Crippen molar-refractivity contribution in [3.63, 3.8) is 0 Å². The van der Waals surface area contributed by atoms with Crippen molar-refractivity contribution in [1.29, 1.82) is 0 Å². The fraction of sp³-hybridized carbons (Fsp3) is 0.500. The van der Waals surface area contributed by atoms with E-state index in [1.54, 1.807) is 0 Å². The summed E-state index contributed by atoms with van der Waals surface area (Å²) in [4.78, 5) is 37.1. The summed E-state index contributed by atoms with van der Waals surface area (Å²) in [5, 5.41) is 8.95. The fourth-order valence-electron chi connectivity index (χ4n) is 3.53. The highest BCUT2D eigenvalue weighted by Gasteiger charge is 2.19. The first-order valence-corrected chi connectivity index (χ1v) is 9.89. The van der Waals surface area contributed by atoms with E-state index in [4.69, 9.17) is 5.11 Å². The highest BCUT2D eigenvalue weighted by molar-refractivity contribution is 5.83. The lowest BCUT2D eigenvalue weighted by molar-refractivity contribution is 0.282. The van der Waals surface area contributed by atoms with Gasteiger partial charge in [0.2, 0.25) is 0 Å². The number of H-pyrrole nitrogens is 1. The lowest BCUT2D eigenvalue weighted by atomic mass is 10.1. The third-order valence-corrected chi connectivity index (χ3v) is 5.01. The number of aliphatic hydroxyl groups excluding tert-OH is 1. The van der Waals surface area contributed by atoms with Gasteiger partial charge in [0.05, 0.1) is 11.0 Å². The van der Waals surface area contributed by atoms with Crippen LogP contribution >= 0.6 is 0 Å². The van der Waals surface area contributed by atoms with Crippen LogP contribution in [0, 0.1) is 0 Å². The number of unbranched alkanes of at least 4 members (excludes halogenated alkanes) is 3. The number of aromatic amines is 1. The summed E-state index contributed by atoms with van der Waals surface area (Å²) < 4.78 is 1.93. The van der Waals surface area contributed by atoms with Crippen molar-refractivity contribution in [2.24, 2.45) is 0 Å². The molecule has 0 saturated heterocycles. The average molecular weight is 385 g/mol. The molecule has 0 aliphatic carbocycles. The SMILES string of the molecule is CCN(CC)c1ccc2nc3c(=O)[nH]c(=O)nc-3n(CCCCCCO)c2c1. The topological polar surface area (TPSA) is 104 Å². The molecule has 0 amide bonds. The van der Waals surface area contributed by atoms with Crippen molar-refractivity contribution < 1.29 is 5.11 Å². The van der Waals surface area contributed by atoms with Crippen molar-refractivity contribution in [3.8, 4) is 11.5 Å². The summed E-state index contributed by atoms with van der Waals surface area (Å²) in [5.74, 6) is 0.320. The second-order valence-electron chi connectivity index (χ2n) is 6.79. The molecular weight excluding hydrogens is 358 g/mol. The predicted molar refractivity (Wildman–Crippen MR) is 110 cm³/mol. The molecule has 1 aromatic rings. The molecule has 2 heterocycles. The number of aliphatic hydroxyl groups is 1. The van der Waals surface area contributed by atoms with Gasteiger partial charge in [-0.1, -0.05) is 12.8 Å². The van der Waals surface area contributed by atoms with Crippen molar-refractivity contribution in [2.45, 2.75) is 46.1 Å². The Balaban J connectivity index is 2.14. The Morgan fingerprint density at radius 3 is 2.54 bits per heavy atom. The molecule has 0 unspecified atom stereocenters. The number of benzene rings is 1. The Morgan fingerprint density at radius 2 is 1.82 bits per heavy atom. The Kier molecular flexibility index (Phi) is 6.41. The molecule has 0 radical (unpaired) electrons. The van der Waals surface area contributed by atoms with Crippen LogP contribution in [0.15, 0.2) is 27.8 Å². The van der Waals surface area contributed by atoms with Gasteiger partial charge in [0.1, 0.15) is 0 Å². The zero-order valence-electron chi connectivity index (χ0n) is 16.4. The molecule has 8 nitrogen and oxygen atoms in total. The third kappa shape index (κ3) is 4.06. The lowest BCUT2D eigenvalue weighted by Gasteiger charge is -2.23. The molecule has 3 rings (SSSR count). The Morgan fingerprint density at radius 1 is 1.07 bits per heavy atom. The van der Waals surface area contributed by atoms with E-state index in [9.17, 15) is 9.59 Å². The first-order valence-electron chi connectivity index (χ1n) is 9.89. The minimum Gasteiger partial charge on any atom is -0.396 e. The summed E-state index contributed by atoms with van der Waals surface area (Å²) in [5.41, 5.74) is 1.63. The second-order valence-corrected chi connectivity index (χ2v) is 6.79. The molecule has 0 atom stereocenters. The van der Waals surface area contributed by atoms with E-state index >= 15 is 0 Å². The van der Waals surface area contributed by atoms with Crippen molar-refractivity contribution in [2.75, 3.05) is 24.6 Å². The number of nitrogens with one attached hydrogen (secondary N) is 1. The maximum atomic E-state index is 12.3. The molecule has 0 saturated carbocycles. The number of aryl methyl sites for hydroxylation is 1. The van der Waals surface area contributed by atoms with Gasteiger partial charge >= 0.3 is 5.69 Å². The number of aromatic nitrogens is 4. The number of rotatable bonds is 9. The quantitative estimate of drug-likeness (QED) is 0.431. The first-order chi connectivity index (χ1) is 13.6. The van der Waals surface area contributed by atoms with Crippen LogP contribution in [0.3, 0.4) is 0 Å². The molecule has 0 aromatic heterocycles. The first kappa shape index (κ1) is 20.0. The summed E-state index contributed by atoms with van der Waals surface area (Å²) in [6.07, 6.45) is 3.51. The van der Waals surface area contributed by atoms with Crippen LogP contribution in [0.4, 0.5) is 5.69 Å². The molecular formula is C20H27N5O3. The van der Waals surface area contributed by atoms with Gasteiger partial charge in [0.15, 0.2) is 11.5 Å². The van der Waals surface area contributed by atoms with Crippen LogP contribution in [0.1, 0.15) is 39.5 Å². The Bertz CT molecular complexity index is 1020. The highest BCUT2D eigenvalue weighted by atomic mass is 16.3. The minimum absolute atomic E-state index is 0.179. The van der Waals surface area contributed by atoms with Crippen molar-refractivity contribution >= 4 is 16.7 Å². The number of nitrogens with zero attached hydrogens (tertiary/aromatic N) is 4. The van der Waals surface area contributed by atoms with E-state index in [1.165, 1.54) is 0 Å². The average Bonchev–Trinajstić information content (AvgIpc) is 2.68. The van der Waals surface area contributed by atoms with Gasteiger partial charge in [-0.25, -0.2) is 9.78 Å². The van der Waals surface area contributed by atoms with E-state index in [2.05, 4.69) is 39.8 Å². The van der Waals surface area contributed by atoms with Gasteiger partial charge in [-0.05, 0) is 44.9 Å². The van der Waals surface area contributed by atoms with Crippen LogP contribution < -0.4 is 16.1 Å². The second kappa shape index (κ2) is 8.97. The monoisotopic (exact) mass is 385 g/mol. The molecule has 28 heavy (non-hydrogen) atoms. The van der Waals surface area contributed by atoms with E-state index in [-0.39, 0.29) is 12.3 Å². The molecule has 2 N–H and O–H groups in total. The zero-order chi connectivity index (χ0) is 20.1. The van der Waals surface area contributed by atoms with E-state index in [0.717, 1.165) is 50.0 Å². The lowest BCUT2D eigenvalue weighted by Crippen LogP contribution is -2.29. The maximum Gasteiger partial charge on any atom is 0.349 e. The van der Waals surface area contributed by atoms with Gasteiger partial charge in [0, 0.05) is 31.9 Å². The summed E-state index contributed by atoms with van der Waals surface area (Å²) in [7, 11) is 0. The Hall–Kier alpha value is -2.74. The van der Waals surface area contributed by atoms with E-state index in [0.29, 0.717) is 17.9 Å². The molecule has 8 heteroatoms. The normalized spacial score (nSPS) is 11.4. The summed E-state index contributed by atoms with van der Waals surface area (Å²) in [6.45, 7) is 6.79. The minimum atomic E-state index is -0.660. The van der Waals surface area contributed by atoms with Gasteiger partial charge in [-0.15, -0.1) is 0 Å². The molecule has 1 aromatic carbocycles. The van der Waals surface area contributed by atoms with Crippen molar-refractivity contribution in [1.82, 2.24) is 19.5 Å². The Labute approximate surface area is 163 Å². The standard InChI is InChI=1S/C20H27N5O3/c1-3-24(4-2)14-9-10-15-16(13-14)25(11-7-5-6-8-12-26)18-17(21-15)19(27)23-20(28)22-18/h9-10,13,26H,3-8,11-12H2,1-2H3,(H,23,27,28). The third-order valence-electron chi connectivity index (χ3n) is 5.01. The van der Waals surface area contributed by atoms with E-state index in [1.807, 2.05) is 16.7 Å². The molecule has 150 valence electrons. The summed E-state index contributed by atoms with van der Waals surface area (Å²) >= 11 is 0. The van der Waals surface area contributed by atoms with Crippen LogP contribution in [-0.2, 0) is 6.54 Å². The zero-order valence-corrected chi connectivity index (χ0v) is 16.4. The molecule has 2 aliphatic rings. The molecule has 0 bridgehead atoms. The van der Waals surface area contributed by atoms with Crippen LogP contribution in [0.2, 0.25) is 0 Å². The summed E-state index contributed by atoms with van der Waals surface area (Å²) in [6, 6.07) is 5.97. The largest absolute Gasteiger partial charge is 0.396 e. The van der Waals surface area contributed by atoms with Gasteiger partial charge in [-0.2, -0.15) is 4.98 Å². The number of hydrogen-bond donors (Lipinski definition) is 2. The molecule has 0 fully saturated rings. The van der Waals surface area contributed by atoms with Crippen LogP contribution in [0.25, 0.3) is 22.6 Å². The highest BCUT2D eigenvalue weighted by Crippen LogP contribution is 2.26. The number of hydrogen-bond acceptors (Lipinski definition) is 6. The predicted octanol–water partition coefficient (Wildman–Crippen LogP) is 1.98. The fourth-order valence-corrected chi connectivity index (χ4v) is 3.53. The number of anilines is 1. The van der Waals surface area contributed by atoms with Gasteiger partial charge in [0.25, 0.3) is 5.56 Å². The van der Waals surface area contributed by atoms with Gasteiger partial charge < -0.3 is 14.6 Å². The maximum absolute atomic E-state index is 12.3. The smallest absolute Gasteiger partial charge is 0.349 e. The van der Waals surface area contributed by atoms with Crippen molar-refractivity contribution in [3.05, 3.63) is 39.0 Å². The molecule has 0 spiro atoms.